The number of fused-ring (bicyclic) bond motifs is 1. The summed E-state index contributed by atoms with van der Waals surface area (Å²) >= 11 is 0. The second-order valence-corrected chi connectivity index (χ2v) is 9.06. The lowest BCUT2D eigenvalue weighted by Crippen LogP contribution is -2.54. The largest absolute Gasteiger partial charge is 0.496 e. The third-order valence-corrected chi connectivity index (χ3v) is 6.24. The van der Waals surface area contributed by atoms with Gasteiger partial charge in [0, 0.05) is 43.9 Å². The van der Waals surface area contributed by atoms with E-state index in [-0.39, 0.29) is 12.1 Å². The Morgan fingerprint density at radius 1 is 1.20 bits per heavy atom. The zero-order valence-corrected chi connectivity index (χ0v) is 25.5. The number of hydrogen-bond acceptors (Lipinski definition) is 7. The highest BCUT2D eigenvalue weighted by molar-refractivity contribution is 6.04. The van der Waals surface area contributed by atoms with E-state index >= 15 is 0 Å². The molecule has 41 heavy (non-hydrogen) atoms. The molecule has 0 radical (unpaired) electrons. The van der Waals surface area contributed by atoms with Crippen LogP contribution in [-0.2, 0) is 9.47 Å². The van der Waals surface area contributed by atoms with Crippen molar-refractivity contribution in [2.24, 2.45) is 4.99 Å². The fourth-order valence-corrected chi connectivity index (χ4v) is 4.40. The number of rotatable bonds is 14. The highest BCUT2D eigenvalue weighted by Gasteiger charge is 2.31. The molecule has 0 bridgehead atoms. The molecule has 2 N–H and O–H groups in total. The quantitative estimate of drug-likeness (QED) is 0.132. The predicted molar refractivity (Wildman–Crippen MR) is 169 cm³/mol. The number of allylic oxidation sites excluding steroid dienone is 4. The van der Waals surface area contributed by atoms with Gasteiger partial charge < -0.3 is 29.9 Å². The molecule has 1 unspecified atom stereocenters. The first-order valence-corrected chi connectivity index (χ1v) is 13.8. The van der Waals surface area contributed by atoms with Crippen molar-refractivity contribution in [2.75, 3.05) is 46.5 Å². The van der Waals surface area contributed by atoms with Crippen molar-refractivity contribution < 1.29 is 19.0 Å². The first-order chi connectivity index (χ1) is 19.8. The second kappa shape index (κ2) is 16.8. The van der Waals surface area contributed by atoms with Crippen molar-refractivity contribution in [3.8, 4) is 16.9 Å². The number of ether oxygens (including phenoxy) is 3. The summed E-state index contributed by atoms with van der Waals surface area (Å²) in [4.78, 5) is 19.2. The first-order valence-electron chi connectivity index (χ1n) is 13.8. The number of hydrogen-bond donors (Lipinski definition) is 2. The Bertz CT molecular complexity index is 1280. The first kappa shape index (κ1) is 33.0. The summed E-state index contributed by atoms with van der Waals surface area (Å²) in [7, 11) is 5.19. The molecule has 2 aromatic rings. The molecule has 1 aromatic heterocycles. The molecule has 3 rings (SSSR count). The van der Waals surface area contributed by atoms with Crippen LogP contribution in [0.2, 0.25) is 0 Å². The van der Waals surface area contributed by atoms with Gasteiger partial charge in [-0.2, -0.15) is 0 Å². The standard InChI is InChI=1S/C30H39N5O4.C2H6/c1-8-10-23(39-18-17-37-6)14-13-21(2)28-25(24-11-9-12-26(38-7)22(24)3)19-35-29(28)30(36)32-27(33-35)20-34(5)16-15-31-4;1-2/h9-16,19,27,33H,2,4,8,17-18,20H2,1,3,5-7H3,(H,32,36);1-2H3/b14-13-,16-15-,23-10+;. The highest BCUT2D eigenvalue weighted by atomic mass is 16.5. The van der Waals surface area contributed by atoms with E-state index in [4.69, 9.17) is 14.2 Å². The Labute approximate surface area is 244 Å². The lowest BCUT2D eigenvalue weighted by atomic mass is 9.93. The summed E-state index contributed by atoms with van der Waals surface area (Å²) in [6.45, 7) is 17.3. The van der Waals surface area contributed by atoms with Gasteiger partial charge in [0.05, 0.1) is 20.3 Å². The van der Waals surface area contributed by atoms with Gasteiger partial charge >= 0.3 is 0 Å². The van der Waals surface area contributed by atoms with Crippen LogP contribution in [0.5, 0.6) is 5.75 Å². The third-order valence-electron chi connectivity index (χ3n) is 6.24. The van der Waals surface area contributed by atoms with Gasteiger partial charge in [-0.1, -0.05) is 45.6 Å². The molecule has 0 spiro atoms. The maximum atomic E-state index is 13.5. The zero-order chi connectivity index (χ0) is 30.4. The van der Waals surface area contributed by atoms with Crippen LogP contribution < -0.4 is 15.5 Å². The number of nitrogens with one attached hydrogen (secondary N) is 2. The second-order valence-electron chi connectivity index (χ2n) is 9.06. The van der Waals surface area contributed by atoms with Crippen molar-refractivity contribution >= 4 is 18.2 Å². The van der Waals surface area contributed by atoms with E-state index in [1.165, 1.54) is 0 Å². The summed E-state index contributed by atoms with van der Waals surface area (Å²) in [6, 6.07) is 5.88. The molecule has 2 heterocycles. The Balaban J connectivity index is 0.00000287. The van der Waals surface area contributed by atoms with Crippen molar-refractivity contribution in [2.45, 2.75) is 40.3 Å². The van der Waals surface area contributed by atoms with Crippen molar-refractivity contribution in [1.29, 1.82) is 0 Å². The highest BCUT2D eigenvalue weighted by Crippen LogP contribution is 2.38. The fourth-order valence-electron chi connectivity index (χ4n) is 4.40. The van der Waals surface area contributed by atoms with Crippen LogP contribution in [0.4, 0.5) is 0 Å². The number of carbonyl (C=O) groups is 1. The number of benzene rings is 1. The van der Waals surface area contributed by atoms with Crippen LogP contribution in [-0.4, -0.2) is 69.4 Å². The van der Waals surface area contributed by atoms with Crippen molar-refractivity contribution in [3.05, 3.63) is 84.2 Å². The van der Waals surface area contributed by atoms with E-state index in [0.717, 1.165) is 40.2 Å². The number of likely N-dealkylation sites (N-methyl/N-ethyl adjacent to an activating group) is 1. The summed E-state index contributed by atoms with van der Waals surface area (Å²) in [6.07, 6.45) is 11.6. The monoisotopic (exact) mass is 563 g/mol. The molecule has 0 fully saturated rings. The van der Waals surface area contributed by atoms with E-state index in [1.54, 1.807) is 31.3 Å². The zero-order valence-electron chi connectivity index (χ0n) is 25.5. The molecular formula is C32H45N5O4. The topological polar surface area (TPSA) is 89.4 Å². The van der Waals surface area contributed by atoms with E-state index in [9.17, 15) is 4.79 Å². The molecule has 1 aliphatic rings. The maximum absolute atomic E-state index is 13.5. The van der Waals surface area contributed by atoms with Gasteiger partial charge in [0.1, 0.15) is 30.0 Å². The van der Waals surface area contributed by atoms with Crippen LogP contribution in [0, 0.1) is 6.92 Å². The summed E-state index contributed by atoms with van der Waals surface area (Å²) in [5.41, 5.74) is 8.06. The minimum atomic E-state index is -0.332. The normalized spacial score (nSPS) is 14.6. The number of aromatic nitrogens is 1. The van der Waals surface area contributed by atoms with Crippen LogP contribution in [0.3, 0.4) is 0 Å². The Hall–Kier alpha value is -4.24. The van der Waals surface area contributed by atoms with Gasteiger partial charge in [0.25, 0.3) is 5.91 Å². The summed E-state index contributed by atoms with van der Waals surface area (Å²) in [5, 5.41) is 3.06. The fraction of sp³-hybridized carbons (Fsp3) is 0.375. The number of nitrogens with zero attached hydrogens (tertiary/aromatic N) is 3. The molecular weight excluding hydrogens is 518 g/mol. The SMILES string of the molecule is C=N/C=C\N(C)CC1NC(=O)c2c(C(=C)/C=C\C(=C/CC)OCCOC)c(-c3cccc(OC)c3C)cn2N1.CC. The minimum Gasteiger partial charge on any atom is -0.496 e. The lowest BCUT2D eigenvalue weighted by Gasteiger charge is -2.31. The summed E-state index contributed by atoms with van der Waals surface area (Å²) < 4.78 is 18.3. The van der Waals surface area contributed by atoms with E-state index in [0.29, 0.717) is 31.0 Å². The molecule has 1 aliphatic heterocycles. The number of amides is 1. The minimum absolute atomic E-state index is 0.199. The maximum Gasteiger partial charge on any atom is 0.272 e. The average Bonchev–Trinajstić information content (AvgIpc) is 3.35. The Kier molecular flexibility index (Phi) is 13.5. The molecule has 9 heteroatoms. The summed E-state index contributed by atoms with van der Waals surface area (Å²) in [5.74, 6) is 1.29. The van der Waals surface area contributed by atoms with Crippen LogP contribution in [0.1, 0.15) is 48.8 Å². The lowest BCUT2D eigenvalue weighted by molar-refractivity contribution is 0.0909. The molecule has 1 atom stereocenters. The molecule has 9 nitrogen and oxygen atoms in total. The van der Waals surface area contributed by atoms with Crippen LogP contribution in [0.25, 0.3) is 16.7 Å². The van der Waals surface area contributed by atoms with Gasteiger partial charge in [-0.05, 0) is 55.0 Å². The molecule has 0 saturated heterocycles. The number of aliphatic imine (C=N–C) groups is 1. The number of carbonyl (C=O) groups excluding carboxylic acids is 1. The molecule has 222 valence electrons. The van der Waals surface area contributed by atoms with Gasteiger partial charge in [-0.25, -0.2) is 0 Å². The van der Waals surface area contributed by atoms with E-state index in [1.807, 2.05) is 82.3 Å². The molecule has 1 amide bonds. The van der Waals surface area contributed by atoms with Gasteiger partial charge in [-0.15, -0.1) is 0 Å². The molecule has 1 aromatic carbocycles. The van der Waals surface area contributed by atoms with E-state index < -0.39 is 0 Å². The van der Waals surface area contributed by atoms with Crippen molar-refractivity contribution in [3.63, 3.8) is 0 Å². The van der Waals surface area contributed by atoms with Crippen LogP contribution in [0.15, 0.2) is 72.4 Å². The Morgan fingerprint density at radius 2 is 1.95 bits per heavy atom. The molecule has 0 saturated carbocycles. The van der Waals surface area contributed by atoms with Gasteiger partial charge in [0.15, 0.2) is 0 Å². The smallest absolute Gasteiger partial charge is 0.272 e. The van der Waals surface area contributed by atoms with Crippen molar-refractivity contribution in [1.82, 2.24) is 14.9 Å². The van der Waals surface area contributed by atoms with Crippen LogP contribution >= 0.6 is 0 Å². The van der Waals surface area contributed by atoms with Gasteiger partial charge in [0.2, 0.25) is 0 Å². The number of methoxy groups -OCH3 is 2. The molecule has 0 aliphatic carbocycles. The van der Waals surface area contributed by atoms with Gasteiger partial charge in [-0.3, -0.25) is 14.5 Å². The predicted octanol–water partition coefficient (Wildman–Crippen LogP) is 5.74. The Morgan fingerprint density at radius 3 is 2.61 bits per heavy atom. The van der Waals surface area contributed by atoms with E-state index in [2.05, 4.69) is 29.0 Å². The average molecular weight is 564 g/mol. The third kappa shape index (κ3) is 8.62.